The Hall–Kier alpha value is -0.550. The van der Waals surface area contributed by atoms with Crippen molar-refractivity contribution in [2.45, 2.75) is 13.0 Å². The van der Waals surface area contributed by atoms with Crippen LogP contribution in [0.2, 0.25) is 5.02 Å². The van der Waals surface area contributed by atoms with Crippen molar-refractivity contribution in [3.8, 4) is 5.75 Å². The molecule has 5 heteroatoms. The molecular weight excluding hydrogens is 405 g/mol. The first-order valence-corrected chi connectivity index (χ1v) is 8.12. The van der Waals surface area contributed by atoms with Crippen LogP contribution in [-0.4, -0.2) is 6.54 Å². The maximum atomic E-state index is 6.17. The number of halogens is 3. The summed E-state index contributed by atoms with van der Waals surface area (Å²) in [7, 11) is 0. The van der Waals surface area contributed by atoms with Gasteiger partial charge in [-0.25, -0.2) is 0 Å². The number of nitrogens with two attached hydrogens (primary N) is 1. The Bertz CT molecular complexity index is 604. The first-order chi connectivity index (χ1) is 9.60. The number of hydrogen-bond donors (Lipinski definition) is 1. The summed E-state index contributed by atoms with van der Waals surface area (Å²) in [5.74, 6) is 0.815. The van der Waals surface area contributed by atoms with Crippen LogP contribution in [0.3, 0.4) is 0 Å². The van der Waals surface area contributed by atoms with Crippen molar-refractivity contribution in [3.63, 3.8) is 0 Å². The molecule has 2 rings (SSSR count). The molecule has 2 N–H and O–H groups in total. The maximum Gasteiger partial charge on any atom is 0.120 e. The van der Waals surface area contributed by atoms with Gasteiger partial charge in [0.05, 0.1) is 0 Å². The molecule has 2 aromatic rings. The number of hydrogen-bond acceptors (Lipinski definition) is 2. The van der Waals surface area contributed by atoms with Crippen molar-refractivity contribution >= 4 is 43.5 Å². The summed E-state index contributed by atoms with van der Waals surface area (Å²) in [6.07, 6.45) is 0.816. The zero-order valence-corrected chi connectivity index (χ0v) is 14.6. The number of benzene rings is 2. The van der Waals surface area contributed by atoms with Gasteiger partial charge in [-0.1, -0.05) is 49.5 Å². The second-order valence-corrected chi connectivity index (χ2v) is 6.49. The molecule has 0 spiro atoms. The third-order valence-corrected chi connectivity index (χ3v) is 4.46. The van der Waals surface area contributed by atoms with Crippen molar-refractivity contribution in [1.82, 2.24) is 0 Å². The largest absolute Gasteiger partial charge is 0.489 e. The van der Waals surface area contributed by atoms with Crippen LogP contribution >= 0.6 is 43.5 Å². The van der Waals surface area contributed by atoms with Crippen LogP contribution in [-0.2, 0) is 13.0 Å². The summed E-state index contributed by atoms with van der Waals surface area (Å²) in [6.45, 7) is 1.05. The van der Waals surface area contributed by atoms with Crippen LogP contribution in [0.1, 0.15) is 11.1 Å². The van der Waals surface area contributed by atoms with Crippen molar-refractivity contribution in [3.05, 3.63) is 61.5 Å². The van der Waals surface area contributed by atoms with E-state index in [1.807, 2.05) is 36.4 Å². The summed E-state index contributed by atoms with van der Waals surface area (Å²) in [5, 5.41) is 0.693. The van der Waals surface area contributed by atoms with Crippen LogP contribution in [0.15, 0.2) is 45.3 Å². The maximum absolute atomic E-state index is 6.17. The van der Waals surface area contributed by atoms with Gasteiger partial charge in [-0.05, 0) is 48.9 Å². The third-order valence-electron chi connectivity index (χ3n) is 2.84. The second kappa shape index (κ2) is 7.46. The number of rotatable bonds is 5. The highest BCUT2D eigenvalue weighted by Gasteiger charge is 2.05. The Morgan fingerprint density at radius 1 is 1.05 bits per heavy atom. The summed E-state index contributed by atoms with van der Waals surface area (Å²) >= 11 is 13.1. The van der Waals surface area contributed by atoms with E-state index < -0.39 is 0 Å². The minimum absolute atomic E-state index is 0.440. The molecule has 0 amide bonds. The number of ether oxygens (including phenoxy) is 1. The fourth-order valence-electron chi connectivity index (χ4n) is 1.79. The standard InChI is InChI=1S/C15H14Br2ClNO/c16-12-2-1-11(15(18)8-12)9-20-13-3-4-14(17)10(7-13)5-6-19/h1-4,7-8H,5-6,9,19H2. The van der Waals surface area contributed by atoms with Crippen LogP contribution < -0.4 is 10.5 Å². The fraction of sp³-hybridized carbons (Fsp3) is 0.200. The highest BCUT2D eigenvalue weighted by atomic mass is 79.9. The molecule has 0 heterocycles. The van der Waals surface area contributed by atoms with Crippen LogP contribution in [0.4, 0.5) is 0 Å². The Kier molecular flexibility index (Phi) is 5.90. The molecule has 106 valence electrons. The van der Waals surface area contributed by atoms with Gasteiger partial charge in [0, 0.05) is 19.5 Å². The highest BCUT2D eigenvalue weighted by molar-refractivity contribution is 9.10. The molecule has 0 fully saturated rings. The first-order valence-electron chi connectivity index (χ1n) is 6.15. The smallest absolute Gasteiger partial charge is 0.120 e. The van der Waals surface area contributed by atoms with Gasteiger partial charge in [-0.3, -0.25) is 0 Å². The zero-order valence-electron chi connectivity index (χ0n) is 10.7. The van der Waals surface area contributed by atoms with Gasteiger partial charge < -0.3 is 10.5 Å². The Morgan fingerprint density at radius 2 is 1.85 bits per heavy atom. The van der Waals surface area contributed by atoms with Crippen LogP contribution in [0.25, 0.3) is 0 Å². The first kappa shape index (κ1) is 15.8. The molecule has 20 heavy (non-hydrogen) atoms. The summed E-state index contributed by atoms with van der Waals surface area (Å²) < 4.78 is 7.80. The zero-order chi connectivity index (χ0) is 14.5. The van der Waals surface area contributed by atoms with E-state index in [0.717, 1.165) is 32.2 Å². The average molecular weight is 420 g/mol. The monoisotopic (exact) mass is 417 g/mol. The quantitative estimate of drug-likeness (QED) is 0.745. The Labute approximate surface area is 140 Å². The molecule has 0 aromatic heterocycles. The molecule has 0 radical (unpaired) electrons. The van der Waals surface area contributed by atoms with Gasteiger partial charge in [0.1, 0.15) is 12.4 Å². The Morgan fingerprint density at radius 3 is 2.55 bits per heavy atom. The Balaban J connectivity index is 2.08. The lowest BCUT2D eigenvalue weighted by Gasteiger charge is -2.10. The lowest BCUT2D eigenvalue weighted by atomic mass is 10.1. The molecule has 2 aromatic carbocycles. The summed E-state index contributed by atoms with van der Waals surface area (Å²) in [4.78, 5) is 0. The van der Waals surface area contributed by atoms with Crippen molar-refractivity contribution in [2.75, 3.05) is 6.54 Å². The van der Waals surface area contributed by atoms with Crippen molar-refractivity contribution < 1.29 is 4.74 Å². The lowest BCUT2D eigenvalue weighted by molar-refractivity contribution is 0.306. The van der Waals surface area contributed by atoms with Crippen molar-refractivity contribution in [1.29, 1.82) is 0 Å². The molecule has 2 nitrogen and oxygen atoms in total. The van der Waals surface area contributed by atoms with E-state index in [1.54, 1.807) is 0 Å². The van der Waals surface area contributed by atoms with Crippen LogP contribution in [0.5, 0.6) is 5.75 Å². The third kappa shape index (κ3) is 4.22. The SMILES string of the molecule is NCCc1cc(OCc2ccc(Br)cc2Cl)ccc1Br. The summed E-state index contributed by atoms with van der Waals surface area (Å²) in [5.41, 5.74) is 7.70. The van der Waals surface area contributed by atoms with E-state index in [4.69, 9.17) is 22.1 Å². The van der Waals surface area contributed by atoms with Gasteiger partial charge in [0.15, 0.2) is 0 Å². The van der Waals surface area contributed by atoms with Gasteiger partial charge >= 0.3 is 0 Å². The molecule has 0 atom stereocenters. The predicted molar refractivity (Wildman–Crippen MR) is 90.4 cm³/mol. The summed E-state index contributed by atoms with van der Waals surface area (Å²) in [6, 6.07) is 11.7. The van der Waals surface area contributed by atoms with Gasteiger partial charge in [-0.2, -0.15) is 0 Å². The van der Waals surface area contributed by atoms with E-state index in [0.29, 0.717) is 18.2 Å². The van der Waals surface area contributed by atoms with E-state index in [1.165, 1.54) is 0 Å². The second-order valence-electron chi connectivity index (χ2n) is 4.32. The normalized spacial score (nSPS) is 10.6. The van der Waals surface area contributed by atoms with Crippen LogP contribution in [0, 0.1) is 0 Å². The average Bonchev–Trinajstić information content (AvgIpc) is 2.41. The van der Waals surface area contributed by atoms with Gasteiger partial charge in [0.2, 0.25) is 0 Å². The lowest BCUT2D eigenvalue weighted by Crippen LogP contribution is -2.04. The van der Waals surface area contributed by atoms with E-state index in [9.17, 15) is 0 Å². The molecule has 0 saturated heterocycles. The van der Waals surface area contributed by atoms with E-state index >= 15 is 0 Å². The minimum Gasteiger partial charge on any atom is -0.489 e. The molecule has 0 unspecified atom stereocenters. The molecule has 0 aliphatic heterocycles. The van der Waals surface area contributed by atoms with Crippen molar-refractivity contribution in [2.24, 2.45) is 5.73 Å². The van der Waals surface area contributed by atoms with E-state index in [-0.39, 0.29) is 0 Å². The molecule has 0 bridgehead atoms. The van der Waals surface area contributed by atoms with E-state index in [2.05, 4.69) is 31.9 Å². The molecule has 0 saturated carbocycles. The minimum atomic E-state index is 0.440. The predicted octanol–water partition coefficient (Wildman–Crippen LogP) is 4.95. The molecule has 0 aliphatic rings. The molecule has 0 aliphatic carbocycles. The fourth-order valence-corrected chi connectivity index (χ4v) is 2.96. The highest BCUT2D eigenvalue weighted by Crippen LogP contribution is 2.26. The van der Waals surface area contributed by atoms with Gasteiger partial charge in [-0.15, -0.1) is 0 Å². The molecular formula is C15H14Br2ClNO. The van der Waals surface area contributed by atoms with Gasteiger partial charge in [0.25, 0.3) is 0 Å². The topological polar surface area (TPSA) is 35.2 Å².